The number of Topliss-reactive ketones (excluding diaryl/α,β-unsaturated/α-hetero) is 1. The van der Waals surface area contributed by atoms with Gasteiger partial charge in [-0.1, -0.05) is 43.3 Å². The van der Waals surface area contributed by atoms with E-state index in [1.54, 1.807) is 0 Å². The van der Waals surface area contributed by atoms with Crippen LogP contribution < -0.4 is 0 Å². The number of fused-ring (bicyclic) bond motifs is 2. The van der Waals surface area contributed by atoms with Crippen molar-refractivity contribution in [1.29, 1.82) is 0 Å². The third-order valence-electron chi connectivity index (χ3n) is 3.55. The molecule has 1 aromatic carbocycles. The van der Waals surface area contributed by atoms with Gasteiger partial charge in [-0.2, -0.15) is 0 Å². The number of benzene rings is 1. The van der Waals surface area contributed by atoms with Crippen molar-refractivity contribution >= 4 is 5.78 Å². The average Bonchev–Trinajstić information content (AvgIpc) is 2.38. The first kappa shape index (κ1) is 11.4. The van der Waals surface area contributed by atoms with E-state index < -0.39 is 0 Å². The Hall–Kier alpha value is -1.67. The van der Waals surface area contributed by atoms with Crippen molar-refractivity contribution in [2.45, 2.75) is 20.0 Å². The molecule has 1 aromatic rings. The summed E-state index contributed by atoms with van der Waals surface area (Å²) in [5.41, 5.74) is 3.65. The van der Waals surface area contributed by atoms with E-state index in [0.29, 0.717) is 19.1 Å². The highest BCUT2D eigenvalue weighted by Gasteiger charge is 2.24. The summed E-state index contributed by atoms with van der Waals surface area (Å²) in [4.78, 5) is 12.6. The Morgan fingerprint density at radius 2 is 2.06 bits per heavy atom. The lowest BCUT2D eigenvalue weighted by molar-refractivity contribution is 0.0996. The third-order valence-corrected chi connectivity index (χ3v) is 3.55. The molecule has 1 atom stereocenters. The van der Waals surface area contributed by atoms with E-state index in [4.69, 9.17) is 4.74 Å². The molecule has 92 valence electrons. The number of carbonyl (C=O) groups is 1. The number of rotatable bonds is 0. The Morgan fingerprint density at radius 1 is 1.22 bits per heavy atom. The number of ketones is 1. The van der Waals surface area contributed by atoms with Gasteiger partial charge in [0.15, 0.2) is 5.78 Å². The topological polar surface area (TPSA) is 26.3 Å². The van der Waals surface area contributed by atoms with Gasteiger partial charge in [0.2, 0.25) is 0 Å². The molecule has 2 heteroatoms. The quantitative estimate of drug-likeness (QED) is 0.695. The molecule has 3 rings (SSSR count). The van der Waals surface area contributed by atoms with Crippen LogP contribution in [0.3, 0.4) is 0 Å². The molecular weight excluding hydrogens is 224 g/mol. The number of allylic oxidation sites excluding steroid dienone is 2. The predicted octanol–water partition coefficient (Wildman–Crippen LogP) is 3.29. The molecule has 1 aliphatic carbocycles. The number of hydrogen-bond acceptors (Lipinski definition) is 2. The zero-order valence-electron chi connectivity index (χ0n) is 10.5. The smallest absolute Gasteiger partial charge is 0.193 e. The second kappa shape index (κ2) is 4.54. The van der Waals surface area contributed by atoms with E-state index in [0.717, 1.165) is 28.7 Å². The summed E-state index contributed by atoms with van der Waals surface area (Å²) in [5, 5.41) is 0. The molecule has 0 saturated heterocycles. The predicted molar refractivity (Wildman–Crippen MR) is 70.4 cm³/mol. The molecular formula is C16H16O2. The van der Waals surface area contributed by atoms with Crippen LogP contribution in [0.4, 0.5) is 0 Å². The minimum Gasteiger partial charge on any atom is -0.372 e. The molecule has 18 heavy (non-hydrogen) atoms. The highest BCUT2D eigenvalue weighted by molar-refractivity contribution is 6.12. The van der Waals surface area contributed by atoms with Crippen LogP contribution in [0.25, 0.3) is 0 Å². The number of ether oxygens (including phenoxy) is 1. The molecule has 2 nitrogen and oxygen atoms in total. The number of hydrogen-bond donors (Lipinski definition) is 0. The van der Waals surface area contributed by atoms with Gasteiger partial charge in [0, 0.05) is 11.1 Å². The maximum atomic E-state index is 12.6. The third kappa shape index (κ3) is 1.93. The normalized spacial score (nSPS) is 23.2. The highest BCUT2D eigenvalue weighted by atomic mass is 16.5. The molecule has 0 spiro atoms. The van der Waals surface area contributed by atoms with Crippen molar-refractivity contribution in [3.63, 3.8) is 0 Å². The van der Waals surface area contributed by atoms with Gasteiger partial charge in [-0.15, -0.1) is 0 Å². The van der Waals surface area contributed by atoms with Crippen molar-refractivity contribution in [3.05, 3.63) is 58.7 Å². The SMILES string of the molecule is CC1C=C2C(=O)c3ccccc3COCC2=CC1. The molecule has 0 saturated carbocycles. The van der Waals surface area contributed by atoms with E-state index >= 15 is 0 Å². The van der Waals surface area contributed by atoms with Crippen LogP contribution in [0, 0.1) is 5.92 Å². The van der Waals surface area contributed by atoms with Crippen molar-refractivity contribution in [2.24, 2.45) is 5.92 Å². The maximum Gasteiger partial charge on any atom is 0.193 e. The van der Waals surface area contributed by atoms with Gasteiger partial charge in [-0.05, 0) is 23.5 Å². The van der Waals surface area contributed by atoms with Gasteiger partial charge in [-0.25, -0.2) is 0 Å². The Bertz CT molecular complexity index is 552. The fourth-order valence-corrected chi connectivity index (χ4v) is 2.54. The molecule has 1 aliphatic heterocycles. The Labute approximate surface area is 107 Å². The summed E-state index contributed by atoms with van der Waals surface area (Å²) in [6, 6.07) is 7.72. The largest absolute Gasteiger partial charge is 0.372 e. The van der Waals surface area contributed by atoms with Gasteiger partial charge < -0.3 is 4.74 Å². The lowest BCUT2D eigenvalue weighted by Gasteiger charge is -2.22. The van der Waals surface area contributed by atoms with Gasteiger partial charge in [0.05, 0.1) is 13.2 Å². The summed E-state index contributed by atoms with van der Waals surface area (Å²) < 4.78 is 5.69. The lowest BCUT2D eigenvalue weighted by atomic mass is 9.86. The first-order valence-electron chi connectivity index (χ1n) is 6.37. The van der Waals surface area contributed by atoms with E-state index in [-0.39, 0.29) is 5.78 Å². The first-order valence-corrected chi connectivity index (χ1v) is 6.37. The van der Waals surface area contributed by atoms with Crippen LogP contribution in [0.2, 0.25) is 0 Å². The zero-order valence-corrected chi connectivity index (χ0v) is 10.5. The van der Waals surface area contributed by atoms with Crippen LogP contribution in [-0.4, -0.2) is 12.4 Å². The second-order valence-electron chi connectivity index (χ2n) is 5.00. The standard InChI is InChI=1S/C16H16O2/c1-11-6-7-13-10-18-9-12-4-2-3-5-14(12)16(17)15(13)8-11/h2-5,7-8,11H,6,9-10H2,1H3. The molecule has 1 heterocycles. The van der Waals surface area contributed by atoms with Gasteiger partial charge in [0.25, 0.3) is 0 Å². The zero-order chi connectivity index (χ0) is 12.5. The summed E-state index contributed by atoms with van der Waals surface area (Å²) >= 11 is 0. The molecule has 0 aromatic heterocycles. The molecule has 0 bridgehead atoms. The van der Waals surface area contributed by atoms with Crippen LogP contribution in [-0.2, 0) is 11.3 Å². The van der Waals surface area contributed by atoms with E-state index in [2.05, 4.69) is 19.1 Å². The Kier molecular flexibility index (Phi) is 2.88. The van der Waals surface area contributed by atoms with Crippen LogP contribution in [0.1, 0.15) is 29.3 Å². The summed E-state index contributed by atoms with van der Waals surface area (Å²) in [6.45, 7) is 3.19. The van der Waals surface area contributed by atoms with Crippen LogP contribution in [0.15, 0.2) is 47.6 Å². The van der Waals surface area contributed by atoms with Crippen molar-refractivity contribution in [3.8, 4) is 0 Å². The average molecular weight is 240 g/mol. The van der Waals surface area contributed by atoms with Crippen LogP contribution in [0.5, 0.6) is 0 Å². The Morgan fingerprint density at radius 3 is 2.94 bits per heavy atom. The van der Waals surface area contributed by atoms with Crippen LogP contribution >= 0.6 is 0 Å². The minimum absolute atomic E-state index is 0.145. The highest BCUT2D eigenvalue weighted by Crippen LogP contribution is 2.29. The summed E-state index contributed by atoms with van der Waals surface area (Å²) in [7, 11) is 0. The molecule has 0 amide bonds. The van der Waals surface area contributed by atoms with Gasteiger partial charge in [-0.3, -0.25) is 4.79 Å². The fourth-order valence-electron chi connectivity index (χ4n) is 2.54. The second-order valence-corrected chi connectivity index (χ2v) is 5.00. The first-order chi connectivity index (χ1) is 8.75. The monoisotopic (exact) mass is 240 g/mol. The van der Waals surface area contributed by atoms with E-state index in [1.165, 1.54) is 0 Å². The molecule has 1 unspecified atom stereocenters. The Balaban J connectivity index is 2.10. The van der Waals surface area contributed by atoms with E-state index in [1.807, 2.05) is 24.3 Å². The summed E-state index contributed by atoms with van der Waals surface area (Å²) in [6.07, 6.45) is 5.23. The summed E-state index contributed by atoms with van der Waals surface area (Å²) in [5.74, 6) is 0.575. The molecule has 0 fully saturated rings. The van der Waals surface area contributed by atoms with Gasteiger partial charge in [0.1, 0.15) is 0 Å². The number of carbonyl (C=O) groups excluding carboxylic acids is 1. The fraction of sp³-hybridized carbons (Fsp3) is 0.312. The molecule has 2 aliphatic rings. The van der Waals surface area contributed by atoms with E-state index in [9.17, 15) is 4.79 Å². The maximum absolute atomic E-state index is 12.6. The van der Waals surface area contributed by atoms with Crippen molar-refractivity contribution < 1.29 is 9.53 Å². The molecule has 0 radical (unpaired) electrons. The lowest BCUT2D eigenvalue weighted by Crippen LogP contribution is -2.19. The van der Waals surface area contributed by atoms with Gasteiger partial charge >= 0.3 is 0 Å². The van der Waals surface area contributed by atoms with Crippen molar-refractivity contribution in [2.75, 3.05) is 6.61 Å². The molecule has 0 N–H and O–H groups in total. The van der Waals surface area contributed by atoms with Crippen molar-refractivity contribution in [1.82, 2.24) is 0 Å². The minimum atomic E-state index is 0.145.